The molecule has 0 unspecified atom stereocenters. The molecule has 0 aliphatic heterocycles. The van der Waals surface area contributed by atoms with Gasteiger partial charge in [-0.25, -0.2) is 0 Å². The smallest absolute Gasteiger partial charge is 0.269 e. The monoisotopic (exact) mass is 364 g/mol. The van der Waals surface area contributed by atoms with Crippen molar-refractivity contribution in [2.75, 3.05) is 16.0 Å². The molecule has 0 radical (unpaired) electrons. The lowest BCUT2D eigenvalue weighted by Crippen LogP contribution is -2.25. The van der Waals surface area contributed by atoms with Crippen molar-refractivity contribution >= 4 is 49.1 Å². The number of nitrogens with one attached hydrogen (secondary N) is 1. The minimum Gasteiger partial charge on any atom is -0.326 e. The Balaban J connectivity index is 2.69. The lowest BCUT2D eigenvalue weighted by molar-refractivity contribution is -0.384. The number of non-ortho nitro benzene ring substituents is 1. The van der Waals surface area contributed by atoms with Crippen molar-refractivity contribution in [1.82, 2.24) is 0 Å². The van der Waals surface area contributed by atoms with Crippen molar-refractivity contribution in [3.8, 4) is 0 Å². The molecule has 1 aromatic carbocycles. The van der Waals surface area contributed by atoms with Crippen LogP contribution in [0.2, 0.25) is 0 Å². The Kier molecular flexibility index (Phi) is 5.57. The van der Waals surface area contributed by atoms with Gasteiger partial charge in [-0.1, -0.05) is 31.9 Å². The number of nitro benzene ring substituents is 1. The number of nitro groups is 1. The fraction of sp³-hybridized carbons (Fsp3) is 0.300. The van der Waals surface area contributed by atoms with Crippen LogP contribution >= 0.6 is 31.9 Å². The Labute approximate surface area is 115 Å². The van der Waals surface area contributed by atoms with Gasteiger partial charge < -0.3 is 5.32 Å². The molecule has 0 aromatic heterocycles. The third-order valence-corrected chi connectivity index (χ3v) is 3.65. The predicted molar refractivity (Wildman–Crippen MR) is 72.8 cm³/mol. The van der Waals surface area contributed by atoms with Crippen LogP contribution in [-0.4, -0.2) is 21.5 Å². The highest BCUT2D eigenvalue weighted by molar-refractivity contribution is 9.09. The zero-order valence-corrected chi connectivity index (χ0v) is 11.9. The van der Waals surface area contributed by atoms with Crippen LogP contribution in [0.1, 0.15) is 0 Å². The largest absolute Gasteiger partial charge is 0.326 e. The summed E-state index contributed by atoms with van der Waals surface area (Å²) < 4.78 is 0. The fourth-order valence-electron chi connectivity index (χ4n) is 1.09. The molecule has 0 saturated carbocycles. The maximum atomic E-state index is 11.7. The number of halogens is 2. The Hall–Kier alpha value is -0.950. The highest BCUT2D eigenvalue weighted by Gasteiger charge is 2.16. The van der Waals surface area contributed by atoms with Crippen molar-refractivity contribution in [2.45, 2.75) is 0 Å². The minimum absolute atomic E-state index is 0.000493. The van der Waals surface area contributed by atoms with E-state index in [4.69, 9.17) is 0 Å². The fourth-order valence-corrected chi connectivity index (χ4v) is 2.75. The summed E-state index contributed by atoms with van der Waals surface area (Å²) in [6, 6.07) is 5.73. The summed E-state index contributed by atoms with van der Waals surface area (Å²) in [4.78, 5) is 21.6. The molecule has 17 heavy (non-hydrogen) atoms. The number of rotatable bonds is 5. The average molecular weight is 366 g/mol. The maximum Gasteiger partial charge on any atom is 0.269 e. The number of amides is 1. The van der Waals surface area contributed by atoms with Gasteiger partial charge in [-0.3, -0.25) is 14.9 Å². The Bertz CT molecular complexity index is 405. The van der Waals surface area contributed by atoms with E-state index in [1.165, 1.54) is 24.3 Å². The lowest BCUT2D eigenvalue weighted by Gasteiger charge is -2.11. The van der Waals surface area contributed by atoms with Crippen molar-refractivity contribution < 1.29 is 9.72 Å². The third-order valence-electron chi connectivity index (χ3n) is 2.09. The Morgan fingerprint density at radius 1 is 1.29 bits per heavy atom. The number of carbonyl (C=O) groups excluding carboxylic acids is 1. The number of benzene rings is 1. The molecule has 7 heteroatoms. The molecule has 92 valence electrons. The SMILES string of the molecule is O=C(Nc1ccc([N+](=O)[O-])cc1)C(CBr)CBr. The first-order chi connectivity index (χ1) is 8.08. The first-order valence-corrected chi connectivity index (χ1v) is 7.00. The highest BCUT2D eigenvalue weighted by Crippen LogP contribution is 2.17. The van der Waals surface area contributed by atoms with E-state index >= 15 is 0 Å². The first-order valence-electron chi connectivity index (χ1n) is 4.75. The molecule has 1 amide bonds. The summed E-state index contributed by atoms with van der Waals surface area (Å²) in [6.07, 6.45) is 0. The van der Waals surface area contributed by atoms with Crippen LogP contribution in [0.5, 0.6) is 0 Å². The van der Waals surface area contributed by atoms with E-state index in [0.29, 0.717) is 16.3 Å². The van der Waals surface area contributed by atoms with Crippen LogP contribution < -0.4 is 5.32 Å². The van der Waals surface area contributed by atoms with Crippen molar-refractivity contribution in [3.05, 3.63) is 34.4 Å². The number of hydrogen-bond donors (Lipinski definition) is 1. The summed E-state index contributed by atoms with van der Waals surface area (Å²) in [6.45, 7) is 0. The molecular formula is C10H10Br2N2O3. The van der Waals surface area contributed by atoms with E-state index in [-0.39, 0.29) is 17.5 Å². The first kappa shape index (κ1) is 14.1. The van der Waals surface area contributed by atoms with Gasteiger partial charge in [0.2, 0.25) is 5.91 Å². The van der Waals surface area contributed by atoms with E-state index in [1.54, 1.807) is 0 Å². The second-order valence-corrected chi connectivity index (χ2v) is 4.59. The molecular weight excluding hydrogens is 356 g/mol. The van der Waals surface area contributed by atoms with Crippen molar-refractivity contribution in [3.63, 3.8) is 0 Å². The standard InChI is InChI=1S/C10H10Br2N2O3/c11-5-7(6-12)10(15)13-8-1-3-9(4-2-8)14(16)17/h1-4,7H,5-6H2,(H,13,15). The topological polar surface area (TPSA) is 72.2 Å². The second-order valence-electron chi connectivity index (χ2n) is 3.30. The summed E-state index contributed by atoms with van der Waals surface area (Å²) >= 11 is 6.48. The van der Waals surface area contributed by atoms with E-state index in [0.717, 1.165) is 0 Å². The molecule has 0 aliphatic carbocycles. The van der Waals surface area contributed by atoms with Crippen LogP contribution in [-0.2, 0) is 4.79 Å². The molecule has 0 fully saturated rings. The highest BCUT2D eigenvalue weighted by atomic mass is 79.9. The molecule has 0 atom stereocenters. The van der Waals surface area contributed by atoms with Gasteiger partial charge in [0, 0.05) is 28.5 Å². The second kappa shape index (κ2) is 6.70. The molecule has 1 N–H and O–H groups in total. The molecule has 1 rings (SSSR count). The quantitative estimate of drug-likeness (QED) is 0.495. The van der Waals surface area contributed by atoms with Gasteiger partial charge in [0.1, 0.15) is 0 Å². The molecule has 0 spiro atoms. The van der Waals surface area contributed by atoms with Gasteiger partial charge in [0.15, 0.2) is 0 Å². The maximum absolute atomic E-state index is 11.7. The number of carbonyl (C=O) groups is 1. The molecule has 5 nitrogen and oxygen atoms in total. The van der Waals surface area contributed by atoms with Gasteiger partial charge in [-0.2, -0.15) is 0 Å². The van der Waals surface area contributed by atoms with Crippen LogP contribution in [0, 0.1) is 16.0 Å². The van der Waals surface area contributed by atoms with Crippen molar-refractivity contribution in [1.29, 1.82) is 0 Å². The normalized spacial score (nSPS) is 10.3. The summed E-state index contributed by atoms with van der Waals surface area (Å²) in [5, 5.41) is 14.2. The van der Waals surface area contributed by atoms with Crippen LogP contribution in [0.25, 0.3) is 0 Å². The summed E-state index contributed by atoms with van der Waals surface area (Å²) in [5.74, 6) is -0.308. The zero-order valence-electron chi connectivity index (χ0n) is 8.73. The third kappa shape index (κ3) is 4.08. The van der Waals surface area contributed by atoms with Crippen LogP contribution in [0.15, 0.2) is 24.3 Å². The number of hydrogen-bond acceptors (Lipinski definition) is 3. The van der Waals surface area contributed by atoms with E-state index in [2.05, 4.69) is 37.2 Å². The summed E-state index contributed by atoms with van der Waals surface area (Å²) in [7, 11) is 0. The minimum atomic E-state index is -0.481. The summed E-state index contributed by atoms with van der Waals surface area (Å²) in [5.41, 5.74) is 0.549. The lowest BCUT2D eigenvalue weighted by atomic mass is 10.2. The molecule has 0 heterocycles. The average Bonchev–Trinajstić information content (AvgIpc) is 2.31. The van der Waals surface area contributed by atoms with Crippen molar-refractivity contribution in [2.24, 2.45) is 5.92 Å². The van der Waals surface area contributed by atoms with E-state index in [1.807, 2.05) is 0 Å². The molecule has 1 aromatic rings. The molecule has 0 bridgehead atoms. The van der Waals surface area contributed by atoms with E-state index < -0.39 is 4.92 Å². The van der Waals surface area contributed by atoms with Crippen LogP contribution in [0.3, 0.4) is 0 Å². The van der Waals surface area contributed by atoms with Gasteiger partial charge in [-0.05, 0) is 12.1 Å². The number of alkyl halides is 2. The van der Waals surface area contributed by atoms with E-state index in [9.17, 15) is 14.9 Å². The molecule has 0 saturated heterocycles. The van der Waals surface area contributed by atoms with Gasteiger partial charge in [0.25, 0.3) is 5.69 Å². The Morgan fingerprint density at radius 3 is 2.24 bits per heavy atom. The zero-order chi connectivity index (χ0) is 12.8. The van der Waals surface area contributed by atoms with Gasteiger partial charge in [-0.15, -0.1) is 0 Å². The van der Waals surface area contributed by atoms with Crippen LogP contribution in [0.4, 0.5) is 11.4 Å². The Morgan fingerprint density at radius 2 is 1.82 bits per heavy atom. The number of anilines is 1. The van der Waals surface area contributed by atoms with Gasteiger partial charge in [0.05, 0.1) is 10.8 Å². The number of nitrogens with zero attached hydrogens (tertiary/aromatic N) is 1. The molecule has 0 aliphatic rings. The van der Waals surface area contributed by atoms with Gasteiger partial charge >= 0.3 is 0 Å². The predicted octanol–water partition coefficient (Wildman–Crippen LogP) is 2.94.